The van der Waals surface area contributed by atoms with E-state index in [0.29, 0.717) is 5.56 Å². The largest absolute Gasteiger partial charge is 0.484 e. The zero-order valence-electron chi connectivity index (χ0n) is 17.8. The fraction of sp³-hybridized carbons (Fsp3) is 0.296. The van der Waals surface area contributed by atoms with Crippen LogP contribution in [0.1, 0.15) is 40.4 Å². The van der Waals surface area contributed by atoms with Crippen LogP contribution in [0, 0.1) is 18.7 Å². The lowest BCUT2D eigenvalue weighted by molar-refractivity contribution is 0.0769. The molecule has 4 rings (SSSR count). The third-order valence-electron chi connectivity index (χ3n) is 5.98. The van der Waals surface area contributed by atoms with Crippen LogP contribution >= 0.6 is 0 Å². The van der Waals surface area contributed by atoms with Crippen molar-refractivity contribution in [3.05, 3.63) is 101 Å². The van der Waals surface area contributed by atoms with Crippen LogP contribution in [0.4, 0.5) is 4.39 Å². The lowest BCUT2D eigenvalue weighted by atomic mass is 9.88. The fourth-order valence-electron chi connectivity index (χ4n) is 4.12. The molecule has 31 heavy (non-hydrogen) atoms. The first-order valence-corrected chi connectivity index (χ1v) is 10.9. The summed E-state index contributed by atoms with van der Waals surface area (Å²) in [6.45, 7) is 4.53. The molecule has 0 aromatic heterocycles. The van der Waals surface area contributed by atoms with Crippen LogP contribution in [0.2, 0.25) is 0 Å². The summed E-state index contributed by atoms with van der Waals surface area (Å²) < 4.78 is 19.5. The molecule has 1 aliphatic heterocycles. The molecule has 1 aliphatic rings. The fourth-order valence-corrected chi connectivity index (χ4v) is 4.12. The van der Waals surface area contributed by atoms with Gasteiger partial charge in [0.15, 0.2) is 5.78 Å². The summed E-state index contributed by atoms with van der Waals surface area (Å²) in [7, 11) is 0. The van der Waals surface area contributed by atoms with Crippen molar-refractivity contribution in [2.75, 3.05) is 19.6 Å². The van der Waals surface area contributed by atoms with Crippen LogP contribution in [-0.2, 0) is 0 Å². The van der Waals surface area contributed by atoms with E-state index in [0.717, 1.165) is 43.8 Å². The predicted octanol–water partition coefficient (Wildman–Crippen LogP) is 5.85. The summed E-state index contributed by atoms with van der Waals surface area (Å²) in [6, 6.07) is 24.3. The standard InChI is InChI=1S/C27H28FNO2/c1-20-7-13-25(14-8-20)31-26(21-5-3-2-4-6-21)19-29-17-15-23(16-18-29)27(30)22-9-11-24(28)12-10-22/h2-14,23,26H,15-19H2,1H3. The number of hydrogen-bond donors (Lipinski definition) is 0. The maximum Gasteiger partial charge on any atom is 0.166 e. The summed E-state index contributed by atoms with van der Waals surface area (Å²) in [6.07, 6.45) is 1.54. The Morgan fingerprint density at radius 1 is 0.968 bits per heavy atom. The van der Waals surface area contributed by atoms with E-state index in [1.54, 1.807) is 12.1 Å². The van der Waals surface area contributed by atoms with Gasteiger partial charge in [0.1, 0.15) is 17.7 Å². The molecule has 0 amide bonds. The number of piperidine rings is 1. The lowest BCUT2D eigenvalue weighted by Crippen LogP contribution is -2.39. The van der Waals surface area contributed by atoms with Gasteiger partial charge in [0.2, 0.25) is 0 Å². The van der Waals surface area contributed by atoms with E-state index < -0.39 is 0 Å². The Balaban J connectivity index is 1.39. The molecule has 1 fully saturated rings. The molecular formula is C27H28FNO2. The van der Waals surface area contributed by atoms with Crippen molar-refractivity contribution in [1.29, 1.82) is 0 Å². The predicted molar refractivity (Wildman–Crippen MR) is 121 cm³/mol. The molecule has 1 heterocycles. The second-order valence-corrected chi connectivity index (χ2v) is 8.28. The Labute approximate surface area is 183 Å². The van der Waals surface area contributed by atoms with E-state index in [9.17, 15) is 9.18 Å². The number of halogens is 1. The zero-order valence-corrected chi connectivity index (χ0v) is 17.8. The van der Waals surface area contributed by atoms with E-state index in [1.807, 2.05) is 30.3 Å². The summed E-state index contributed by atoms with van der Waals surface area (Å²) >= 11 is 0. The monoisotopic (exact) mass is 417 g/mol. The molecular weight excluding hydrogens is 389 g/mol. The minimum atomic E-state index is -0.313. The first-order chi connectivity index (χ1) is 15.1. The van der Waals surface area contributed by atoms with Crippen LogP contribution in [0.5, 0.6) is 5.75 Å². The highest BCUT2D eigenvalue weighted by Gasteiger charge is 2.28. The first kappa shape index (κ1) is 21.3. The average Bonchev–Trinajstić information content (AvgIpc) is 2.81. The van der Waals surface area contributed by atoms with Crippen LogP contribution in [-0.4, -0.2) is 30.3 Å². The Morgan fingerprint density at radius 3 is 2.26 bits per heavy atom. The summed E-state index contributed by atoms with van der Waals surface area (Å²) in [5, 5.41) is 0. The molecule has 0 N–H and O–H groups in total. The van der Waals surface area contributed by atoms with Crippen LogP contribution in [0.25, 0.3) is 0 Å². The molecule has 1 unspecified atom stereocenters. The van der Waals surface area contributed by atoms with Crippen molar-refractivity contribution in [2.45, 2.75) is 25.9 Å². The second-order valence-electron chi connectivity index (χ2n) is 8.28. The third kappa shape index (κ3) is 5.59. The van der Waals surface area contributed by atoms with E-state index in [4.69, 9.17) is 4.74 Å². The molecule has 3 aromatic carbocycles. The third-order valence-corrected chi connectivity index (χ3v) is 5.98. The maximum atomic E-state index is 13.2. The van der Waals surface area contributed by atoms with Crippen molar-refractivity contribution < 1.29 is 13.9 Å². The van der Waals surface area contributed by atoms with Gasteiger partial charge in [-0.25, -0.2) is 4.39 Å². The number of aryl methyl sites for hydroxylation is 1. The van der Waals surface area contributed by atoms with Crippen LogP contribution < -0.4 is 4.74 Å². The van der Waals surface area contributed by atoms with Gasteiger partial charge in [0.25, 0.3) is 0 Å². The minimum Gasteiger partial charge on any atom is -0.484 e. The van der Waals surface area contributed by atoms with Gasteiger partial charge in [-0.1, -0.05) is 48.0 Å². The number of carbonyl (C=O) groups excluding carboxylic acids is 1. The number of benzene rings is 3. The molecule has 160 valence electrons. The minimum absolute atomic E-state index is 0.00472. The summed E-state index contributed by atoms with van der Waals surface area (Å²) in [4.78, 5) is 15.1. The van der Waals surface area contributed by atoms with Gasteiger partial charge in [-0.2, -0.15) is 0 Å². The number of hydrogen-bond acceptors (Lipinski definition) is 3. The molecule has 1 atom stereocenters. The van der Waals surface area contributed by atoms with E-state index >= 15 is 0 Å². The zero-order chi connectivity index (χ0) is 21.6. The molecule has 0 spiro atoms. The van der Waals surface area contributed by atoms with Crippen LogP contribution in [0.15, 0.2) is 78.9 Å². The molecule has 0 saturated carbocycles. The second kappa shape index (κ2) is 9.88. The van der Waals surface area contributed by atoms with Crippen molar-refractivity contribution in [3.63, 3.8) is 0 Å². The highest BCUT2D eigenvalue weighted by atomic mass is 19.1. The molecule has 0 radical (unpaired) electrons. The number of Topliss-reactive ketones (excluding diaryl/α,β-unsaturated/α-hetero) is 1. The molecule has 3 nitrogen and oxygen atoms in total. The quantitative estimate of drug-likeness (QED) is 0.452. The van der Waals surface area contributed by atoms with Gasteiger partial charge < -0.3 is 4.74 Å². The number of ether oxygens (including phenoxy) is 1. The highest BCUT2D eigenvalue weighted by Crippen LogP contribution is 2.27. The normalized spacial score (nSPS) is 16.1. The van der Waals surface area contributed by atoms with Crippen LogP contribution in [0.3, 0.4) is 0 Å². The first-order valence-electron chi connectivity index (χ1n) is 10.9. The lowest BCUT2D eigenvalue weighted by Gasteiger charge is -2.34. The Kier molecular flexibility index (Phi) is 6.78. The molecule has 0 bridgehead atoms. The van der Waals surface area contributed by atoms with Gasteiger partial charge in [0.05, 0.1) is 0 Å². The highest BCUT2D eigenvalue weighted by molar-refractivity contribution is 5.97. The van der Waals surface area contributed by atoms with Gasteiger partial charge in [-0.3, -0.25) is 9.69 Å². The number of rotatable bonds is 7. The Morgan fingerprint density at radius 2 is 1.61 bits per heavy atom. The van der Waals surface area contributed by atoms with Crippen molar-refractivity contribution in [3.8, 4) is 5.75 Å². The topological polar surface area (TPSA) is 29.5 Å². The van der Waals surface area contributed by atoms with Crippen molar-refractivity contribution in [2.24, 2.45) is 5.92 Å². The molecule has 1 saturated heterocycles. The Hall–Kier alpha value is -2.98. The number of likely N-dealkylation sites (tertiary alicyclic amines) is 1. The summed E-state index contributed by atoms with van der Waals surface area (Å²) in [5.41, 5.74) is 2.95. The molecule has 3 aromatic rings. The average molecular weight is 418 g/mol. The van der Waals surface area contributed by atoms with E-state index in [-0.39, 0.29) is 23.6 Å². The molecule has 0 aliphatic carbocycles. The number of carbonyl (C=O) groups is 1. The van der Waals surface area contributed by atoms with Crippen molar-refractivity contribution >= 4 is 5.78 Å². The molecule has 4 heteroatoms. The van der Waals surface area contributed by atoms with Gasteiger partial charge in [-0.15, -0.1) is 0 Å². The van der Waals surface area contributed by atoms with E-state index in [2.05, 4.69) is 36.1 Å². The van der Waals surface area contributed by atoms with Gasteiger partial charge in [-0.05, 0) is 74.8 Å². The van der Waals surface area contributed by atoms with Gasteiger partial charge >= 0.3 is 0 Å². The van der Waals surface area contributed by atoms with E-state index in [1.165, 1.54) is 17.7 Å². The maximum absolute atomic E-state index is 13.2. The SMILES string of the molecule is Cc1ccc(OC(CN2CCC(C(=O)c3ccc(F)cc3)CC2)c2ccccc2)cc1. The Bertz CT molecular complexity index is 978. The van der Waals surface area contributed by atoms with Crippen molar-refractivity contribution in [1.82, 2.24) is 4.90 Å². The summed E-state index contributed by atoms with van der Waals surface area (Å²) in [5.74, 6) is 0.665. The van der Waals surface area contributed by atoms with Gasteiger partial charge in [0, 0.05) is 18.0 Å². The smallest absolute Gasteiger partial charge is 0.166 e. The number of ketones is 1. The number of nitrogens with zero attached hydrogens (tertiary/aromatic N) is 1.